The minimum absolute atomic E-state index is 0.0602. The number of hydrogen-bond acceptors (Lipinski definition) is 5. The van der Waals surface area contributed by atoms with E-state index in [1.165, 1.54) is 6.07 Å². The Morgan fingerprint density at radius 2 is 2.08 bits per heavy atom. The van der Waals surface area contributed by atoms with Gasteiger partial charge < -0.3 is 14.5 Å². The van der Waals surface area contributed by atoms with Crippen LogP contribution in [0.15, 0.2) is 22.7 Å². The number of carboxylic acid groups (broad SMARTS) is 1. The van der Waals surface area contributed by atoms with Gasteiger partial charge in [-0.05, 0) is 31.4 Å². The third-order valence-corrected chi connectivity index (χ3v) is 4.65. The quantitative estimate of drug-likeness (QED) is 0.879. The maximum absolute atomic E-state index is 13.6. The molecule has 0 saturated carbocycles. The van der Waals surface area contributed by atoms with Crippen molar-refractivity contribution < 1.29 is 23.6 Å². The molecule has 1 saturated heterocycles. The van der Waals surface area contributed by atoms with Crippen LogP contribution in [-0.2, 0) is 16.0 Å². The first-order valence-electron chi connectivity index (χ1n) is 8.53. The van der Waals surface area contributed by atoms with Gasteiger partial charge in [-0.3, -0.25) is 9.59 Å². The SMILES string of the molecule is Cc1ccc(-c2noc(CCC(=O)N3CCC(C(=O)O)CC3)n2)cc1F. The first-order valence-corrected chi connectivity index (χ1v) is 8.53. The molecule has 1 amide bonds. The molecule has 0 unspecified atom stereocenters. The predicted octanol–water partition coefficient (Wildman–Crippen LogP) is 2.44. The molecule has 1 N–H and O–H groups in total. The number of carbonyl (C=O) groups excluding carboxylic acids is 1. The molecule has 26 heavy (non-hydrogen) atoms. The molecule has 1 aliphatic rings. The predicted molar refractivity (Wildman–Crippen MR) is 89.7 cm³/mol. The third-order valence-electron chi connectivity index (χ3n) is 4.65. The lowest BCUT2D eigenvalue weighted by Crippen LogP contribution is -2.40. The van der Waals surface area contributed by atoms with E-state index in [9.17, 15) is 14.0 Å². The topological polar surface area (TPSA) is 96.5 Å². The zero-order valence-corrected chi connectivity index (χ0v) is 14.4. The van der Waals surface area contributed by atoms with E-state index in [2.05, 4.69) is 10.1 Å². The number of amides is 1. The lowest BCUT2D eigenvalue weighted by atomic mass is 9.97. The molecule has 0 radical (unpaired) electrons. The molecule has 138 valence electrons. The minimum atomic E-state index is -0.803. The highest BCUT2D eigenvalue weighted by Crippen LogP contribution is 2.20. The van der Waals surface area contributed by atoms with Gasteiger partial charge in [0.1, 0.15) is 5.82 Å². The maximum atomic E-state index is 13.6. The monoisotopic (exact) mass is 361 g/mol. The first kappa shape index (κ1) is 18.0. The highest BCUT2D eigenvalue weighted by Gasteiger charge is 2.27. The van der Waals surface area contributed by atoms with Crippen LogP contribution in [0.1, 0.15) is 30.7 Å². The van der Waals surface area contributed by atoms with E-state index < -0.39 is 5.97 Å². The summed E-state index contributed by atoms with van der Waals surface area (Å²) in [7, 11) is 0. The minimum Gasteiger partial charge on any atom is -0.481 e. The number of aromatic nitrogens is 2. The molecule has 1 aliphatic heterocycles. The highest BCUT2D eigenvalue weighted by molar-refractivity contribution is 5.77. The maximum Gasteiger partial charge on any atom is 0.306 e. The molecule has 0 bridgehead atoms. The van der Waals surface area contributed by atoms with Gasteiger partial charge in [0.25, 0.3) is 0 Å². The van der Waals surface area contributed by atoms with Crippen molar-refractivity contribution in [1.29, 1.82) is 0 Å². The van der Waals surface area contributed by atoms with Crippen LogP contribution in [0.4, 0.5) is 4.39 Å². The van der Waals surface area contributed by atoms with Crippen molar-refractivity contribution in [2.24, 2.45) is 5.92 Å². The molecule has 2 aromatic rings. The van der Waals surface area contributed by atoms with E-state index in [0.717, 1.165) is 0 Å². The number of halogens is 1. The van der Waals surface area contributed by atoms with E-state index >= 15 is 0 Å². The van der Waals surface area contributed by atoms with Crippen LogP contribution < -0.4 is 0 Å². The molecule has 0 aliphatic carbocycles. The second-order valence-corrected chi connectivity index (χ2v) is 6.47. The summed E-state index contributed by atoms with van der Waals surface area (Å²) in [5.74, 6) is -0.970. The van der Waals surface area contributed by atoms with Crippen LogP contribution >= 0.6 is 0 Å². The second kappa shape index (κ2) is 7.63. The van der Waals surface area contributed by atoms with E-state index in [1.807, 2.05) is 0 Å². The number of rotatable bonds is 5. The summed E-state index contributed by atoms with van der Waals surface area (Å²) in [6.07, 6.45) is 1.45. The Labute approximate surface area is 149 Å². The summed E-state index contributed by atoms with van der Waals surface area (Å²) in [5.41, 5.74) is 1.06. The van der Waals surface area contributed by atoms with Crippen LogP contribution in [0.25, 0.3) is 11.4 Å². The van der Waals surface area contributed by atoms with Crippen LogP contribution in [-0.4, -0.2) is 45.1 Å². The van der Waals surface area contributed by atoms with Gasteiger partial charge in [-0.1, -0.05) is 17.3 Å². The molecule has 8 heteroatoms. The number of hydrogen-bond donors (Lipinski definition) is 1. The van der Waals surface area contributed by atoms with Crippen LogP contribution in [0.5, 0.6) is 0 Å². The number of piperidine rings is 1. The number of nitrogens with zero attached hydrogens (tertiary/aromatic N) is 3. The first-order chi connectivity index (χ1) is 12.4. The van der Waals surface area contributed by atoms with E-state index in [0.29, 0.717) is 49.4 Å². The van der Waals surface area contributed by atoms with Crippen LogP contribution in [0.3, 0.4) is 0 Å². The molecule has 2 heterocycles. The van der Waals surface area contributed by atoms with Crippen molar-refractivity contribution in [3.63, 3.8) is 0 Å². The fourth-order valence-electron chi connectivity index (χ4n) is 2.95. The van der Waals surface area contributed by atoms with Gasteiger partial charge in [0.15, 0.2) is 0 Å². The Bertz CT molecular complexity index is 813. The molecule has 3 rings (SSSR count). The van der Waals surface area contributed by atoms with E-state index in [-0.39, 0.29) is 29.9 Å². The Hall–Kier alpha value is -2.77. The van der Waals surface area contributed by atoms with Crippen molar-refractivity contribution >= 4 is 11.9 Å². The van der Waals surface area contributed by atoms with Crippen molar-refractivity contribution in [3.05, 3.63) is 35.5 Å². The van der Waals surface area contributed by atoms with Crippen molar-refractivity contribution in [2.75, 3.05) is 13.1 Å². The Balaban J connectivity index is 1.54. The normalized spacial score (nSPS) is 15.2. The number of aryl methyl sites for hydroxylation is 2. The highest BCUT2D eigenvalue weighted by atomic mass is 19.1. The second-order valence-electron chi connectivity index (χ2n) is 6.47. The lowest BCUT2D eigenvalue weighted by Gasteiger charge is -2.30. The van der Waals surface area contributed by atoms with Gasteiger partial charge in [0.2, 0.25) is 17.6 Å². The summed E-state index contributed by atoms with van der Waals surface area (Å²) in [5, 5.41) is 12.8. The smallest absolute Gasteiger partial charge is 0.306 e. The Kier molecular flexibility index (Phi) is 5.29. The molecule has 1 aromatic heterocycles. The van der Waals surface area contributed by atoms with E-state index in [1.54, 1.807) is 24.0 Å². The zero-order valence-electron chi connectivity index (χ0n) is 14.4. The fraction of sp³-hybridized carbons (Fsp3) is 0.444. The van der Waals surface area contributed by atoms with Crippen molar-refractivity contribution in [3.8, 4) is 11.4 Å². The largest absolute Gasteiger partial charge is 0.481 e. The molecular formula is C18H20FN3O4. The number of carboxylic acids is 1. The summed E-state index contributed by atoms with van der Waals surface area (Å²) >= 11 is 0. The van der Waals surface area contributed by atoms with Gasteiger partial charge in [-0.15, -0.1) is 0 Å². The number of benzene rings is 1. The molecule has 1 aromatic carbocycles. The van der Waals surface area contributed by atoms with Crippen LogP contribution in [0, 0.1) is 18.7 Å². The van der Waals surface area contributed by atoms with Gasteiger partial charge in [-0.2, -0.15) is 4.98 Å². The number of likely N-dealkylation sites (tertiary alicyclic amines) is 1. The van der Waals surface area contributed by atoms with Gasteiger partial charge >= 0.3 is 5.97 Å². The standard InChI is InChI=1S/C18H20FN3O4/c1-11-2-3-13(10-14(11)19)17-20-15(26-21-17)4-5-16(23)22-8-6-12(7-9-22)18(24)25/h2-3,10,12H,4-9H2,1H3,(H,24,25). The molecule has 0 spiro atoms. The molecule has 7 nitrogen and oxygen atoms in total. The molecule has 0 atom stereocenters. The summed E-state index contributed by atoms with van der Waals surface area (Å²) in [4.78, 5) is 29.1. The van der Waals surface area contributed by atoms with Gasteiger partial charge in [-0.25, -0.2) is 4.39 Å². The zero-order chi connectivity index (χ0) is 18.7. The summed E-state index contributed by atoms with van der Waals surface area (Å²) in [6.45, 7) is 2.58. The average molecular weight is 361 g/mol. The Morgan fingerprint density at radius 3 is 2.73 bits per heavy atom. The number of carbonyl (C=O) groups is 2. The Morgan fingerprint density at radius 1 is 1.35 bits per heavy atom. The summed E-state index contributed by atoms with van der Waals surface area (Å²) < 4.78 is 18.8. The fourth-order valence-corrected chi connectivity index (χ4v) is 2.95. The molecular weight excluding hydrogens is 341 g/mol. The summed E-state index contributed by atoms with van der Waals surface area (Å²) in [6, 6.07) is 4.71. The van der Waals surface area contributed by atoms with Gasteiger partial charge in [0, 0.05) is 31.5 Å². The third kappa shape index (κ3) is 4.07. The molecule has 1 fully saturated rings. The van der Waals surface area contributed by atoms with E-state index in [4.69, 9.17) is 9.63 Å². The van der Waals surface area contributed by atoms with Crippen molar-refractivity contribution in [2.45, 2.75) is 32.6 Å². The number of aliphatic carboxylic acids is 1. The average Bonchev–Trinajstić information content (AvgIpc) is 3.11. The lowest BCUT2D eigenvalue weighted by molar-refractivity contribution is -0.145. The van der Waals surface area contributed by atoms with Crippen molar-refractivity contribution in [1.82, 2.24) is 15.0 Å². The van der Waals surface area contributed by atoms with Gasteiger partial charge in [0.05, 0.1) is 5.92 Å². The van der Waals surface area contributed by atoms with Crippen LogP contribution in [0.2, 0.25) is 0 Å².